The molecule has 170 valence electrons. The van der Waals surface area contributed by atoms with Crippen molar-refractivity contribution >= 4 is 0 Å². The molecule has 0 aliphatic carbocycles. The summed E-state index contributed by atoms with van der Waals surface area (Å²) in [6.07, 6.45) is 27.6. The number of hydrogen-bond donors (Lipinski definition) is 1. The van der Waals surface area contributed by atoms with E-state index in [1.165, 1.54) is 135 Å². The minimum absolute atomic E-state index is 1.37. The van der Waals surface area contributed by atoms with Crippen LogP contribution in [0, 0.1) is 15.3 Å². The first-order valence-electron chi connectivity index (χ1n) is 12.3. The number of quaternary nitrogens is 1. The second-order valence-electron chi connectivity index (χ2n) is 8.10. The van der Waals surface area contributed by atoms with E-state index >= 15 is 0 Å². The lowest BCUT2D eigenvalue weighted by Gasteiger charge is -2.04. The van der Waals surface area contributed by atoms with E-state index in [1.807, 2.05) is 0 Å². The molecule has 0 spiro atoms. The Bertz CT molecular complexity index is 263. The molecule has 0 unspecified atom stereocenters. The molecular weight excluding hydrogens is 352 g/mol. The number of rotatable bonds is 21. The van der Waals surface area contributed by atoms with Crippen molar-refractivity contribution in [2.24, 2.45) is 0 Å². The fourth-order valence-corrected chi connectivity index (χ4v) is 3.52. The molecule has 28 heavy (non-hydrogen) atoms. The zero-order valence-corrected chi connectivity index (χ0v) is 19.1. The first-order chi connectivity index (χ1) is 13.6. The maximum Gasteiger partial charge on any atom is 0.0755 e. The fourth-order valence-electron chi connectivity index (χ4n) is 3.52. The standard InChI is InChI=1S/C23H49N.NO3/c1-3-5-7-9-11-13-15-17-19-21-23-24-22-20-18-16-14-12-10-8-6-4-2;2-1(3)4/h24H,3-23H2,1-2H3;/q;-1/p+1. The third kappa shape index (κ3) is 36.1. The zero-order chi connectivity index (χ0) is 21.1. The Morgan fingerprint density at radius 2 is 0.714 bits per heavy atom. The van der Waals surface area contributed by atoms with E-state index in [1.54, 1.807) is 0 Å². The number of nitrogens with zero attached hydrogens (tertiary/aromatic N) is 1. The van der Waals surface area contributed by atoms with Gasteiger partial charge < -0.3 is 20.6 Å². The van der Waals surface area contributed by atoms with Crippen LogP contribution in [-0.2, 0) is 0 Å². The molecular formula is C23H50N2O3. The van der Waals surface area contributed by atoms with Gasteiger partial charge in [-0.15, -0.1) is 0 Å². The summed E-state index contributed by atoms with van der Waals surface area (Å²) in [5.41, 5.74) is 0. The smallest absolute Gasteiger partial charge is 0.0755 e. The Balaban J connectivity index is 0. The Morgan fingerprint density at radius 3 is 0.964 bits per heavy atom. The van der Waals surface area contributed by atoms with Crippen LogP contribution in [0.4, 0.5) is 0 Å². The molecule has 2 N–H and O–H groups in total. The van der Waals surface area contributed by atoms with Crippen molar-refractivity contribution in [2.75, 3.05) is 13.1 Å². The quantitative estimate of drug-likeness (QED) is 0.131. The van der Waals surface area contributed by atoms with Crippen LogP contribution < -0.4 is 5.32 Å². The maximum atomic E-state index is 8.25. The lowest BCUT2D eigenvalue weighted by atomic mass is 10.1. The van der Waals surface area contributed by atoms with Crippen molar-refractivity contribution in [3.05, 3.63) is 15.3 Å². The first kappa shape index (κ1) is 29.4. The average molecular weight is 403 g/mol. The van der Waals surface area contributed by atoms with Crippen molar-refractivity contribution in [1.29, 1.82) is 0 Å². The molecule has 5 heteroatoms. The largest absolute Gasteiger partial charge is 0.356 e. The highest BCUT2D eigenvalue weighted by molar-refractivity contribution is 4.48. The molecule has 0 saturated heterocycles. The van der Waals surface area contributed by atoms with E-state index in [4.69, 9.17) is 15.3 Å². The van der Waals surface area contributed by atoms with Crippen LogP contribution in [-0.4, -0.2) is 18.2 Å². The Labute approximate surface area is 175 Å². The van der Waals surface area contributed by atoms with E-state index in [2.05, 4.69) is 19.2 Å². The molecule has 5 nitrogen and oxygen atoms in total. The maximum absolute atomic E-state index is 8.25. The molecule has 0 atom stereocenters. The van der Waals surface area contributed by atoms with E-state index in [9.17, 15) is 0 Å². The molecule has 0 aromatic heterocycles. The topological polar surface area (TPSA) is 82.8 Å². The van der Waals surface area contributed by atoms with Gasteiger partial charge in [-0.2, -0.15) is 0 Å². The number of unbranched alkanes of at least 4 members (excludes halogenated alkanes) is 17. The average Bonchev–Trinajstić information content (AvgIpc) is 2.66. The number of nitrogens with two attached hydrogens (primary N) is 1. The second kappa shape index (κ2) is 28.4. The van der Waals surface area contributed by atoms with Gasteiger partial charge in [0.15, 0.2) is 0 Å². The summed E-state index contributed by atoms with van der Waals surface area (Å²) in [4.78, 5) is 8.25. The molecule has 0 amide bonds. The van der Waals surface area contributed by atoms with Crippen LogP contribution >= 0.6 is 0 Å². The molecule has 0 aromatic rings. The lowest BCUT2D eigenvalue weighted by Crippen LogP contribution is -2.84. The van der Waals surface area contributed by atoms with Crippen molar-refractivity contribution in [3.63, 3.8) is 0 Å². The van der Waals surface area contributed by atoms with Crippen LogP contribution in [0.2, 0.25) is 0 Å². The minimum atomic E-state index is -1.75. The fraction of sp³-hybridized carbons (Fsp3) is 1.00. The summed E-state index contributed by atoms with van der Waals surface area (Å²) in [5.74, 6) is 0. The normalized spacial score (nSPS) is 10.5. The van der Waals surface area contributed by atoms with Crippen molar-refractivity contribution in [3.8, 4) is 0 Å². The van der Waals surface area contributed by atoms with Gasteiger partial charge in [0, 0.05) is 0 Å². The Morgan fingerprint density at radius 1 is 0.500 bits per heavy atom. The van der Waals surface area contributed by atoms with Gasteiger partial charge in [-0.3, -0.25) is 0 Å². The summed E-state index contributed by atoms with van der Waals surface area (Å²) in [6.45, 7) is 7.33. The van der Waals surface area contributed by atoms with E-state index < -0.39 is 5.09 Å². The van der Waals surface area contributed by atoms with Gasteiger partial charge in [0.25, 0.3) is 0 Å². The predicted molar refractivity (Wildman–Crippen MR) is 121 cm³/mol. The van der Waals surface area contributed by atoms with Gasteiger partial charge >= 0.3 is 0 Å². The second-order valence-corrected chi connectivity index (χ2v) is 8.10. The molecule has 0 bridgehead atoms. The van der Waals surface area contributed by atoms with Gasteiger partial charge in [0.1, 0.15) is 0 Å². The third-order valence-electron chi connectivity index (χ3n) is 5.27. The summed E-state index contributed by atoms with van der Waals surface area (Å²) in [6, 6.07) is 0. The molecule has 0 rings (SSSR count). The number of hydrogen-bond acceptors (Lipinski definition) is 3. The minimum Gasteiger partial charge on any atom is -0.356 e. The predicted octanol–water partition coefficient (Wildman–Crippen LogP) is 6.76. The first-order valence-corrected chi connectivity index (χ1v) is 12.3. The molecule has 0 saturated carbocycles. The summed E-state index contributed by atoms with van der Waals surface area (Å²) in [7, 11) is 0. The molecule has 0 radical (unpaired) electrons. The van der Waals surface area contributed by atoms with E-state index in [-0.39, 0.29) is 0 Å². The van der Waals surface area contributed by atoms with Gasteiger partial charge in [-0.1, -0.05) is 110 Å². The van der Waals surface area contributed by atoms with E-state index in [0.717, 1.165) is 0 Å². The van der Waals surface area contributed by atoms with Gasteiger partial charge in [-0.25, -0.2) is 0 Å². The zero-order valence-electron chi connectivity index (χ0n) is 19.1. The molecule has 0 fully saturated rings. The molecule has 0 aromatic carbocycles. The third-order valence-corrected chi connectivity index (χ3v) is 5.27. The Hall–Kier alpha value is -0.840. The van der Waals surface area contributed by atoms with Crippen molar-refractivity contribution in [2.45, 2.75) is 136 Å². The summed E-state index contributed by atoms with van der Waals surface area (Å²) < 4.78 is 0. The highest BCUT2D eigenvalue weighted by Crippen LogP contribution is 2.10. The van der Waals surface area contributed by atoms with Crippen LogP contribution in [0.1, 0.15) is 136 Å². The lowest BCUT2D eigenvalue weighted by molar-refractivity contribution is -0.655. The van der Waals surface area contributed by atoms with Gasteiger partial charge in [0.05, 0.1) is 18.2 Å². The monoisotopic (exact) mass is 402 g/mol. The Kier molecular flexibility index (Phi) is 29.8. The van der Waals surface area contributed by atoms with Gasteiger partial charge in [-0.05, 0) is 25.7 Å². The van der Waals surface area contributed by atoms with Crippen molar-refractivity contribution in [1.82, 2.24) is 0 Å². The van der Waals surface area contributed by atoms with Gasteiger partial charge in [0.2, 0.25) is 0 Å². The molecule has 0 heterocycles. The molecule has 0 aliphatic heterocycles. The highest BCUT2D eigenvalue weighted by Gasteiger charge is 1.96. The van der Waals surface area contributed by atoms with Crippen LogP contribution in [0.15, 0.2) is 0 Å². The van der Waals surface area contributed by atoms with E-state index in [0.29, 0.717) is 0 Å². The molecule has 0 aliphatic rings. The summed E-state index contributed by atoms with van der Waals surface area (Å²) in [5, 5.41) is 17.3. The van der Waals surface area contributed by atoms with Crippen molar-refractivity contribution < 1.29 is 10.4 Å². The SMILES string of the molecule is CCCCCCCCCCCC[NH2+]CCCCCCCCCCC.O=[N+]([O-])[O-]. The van der Waals surface area contributed by atoms with Crippen LogP contribution in [0.25, 0.3) is 0 Å². The highest BCUT2D eigenvalue weighted by atomic mass is 16.9. The van der Waals surface area contributed by atoms with Crippen LogP contribution in [0.3, 0.4) is 0 Å². The summed E-state index contributed by atoms with van der Waals surface area (Å²) >= 11 is 0. The van der Waals surface area contributed by atoms with Crippen LogP contribution in [0.5, 0.6) is 0 Å².